The van der Waals surface area contributed by atoms with E-state index in [4.69, 9.17) is 4.74 Å². The second-order valence-corrected chi connectivity index (χ2v) is 12.0. The Morgan fingerprint density at radius 1 is 1.09 bits per heavy atom. The van der Waals surface area contributed by atoms with E-state index in [2.05, 4.69) is 71.9 Å². The van der Waals surface area contributed by atoms with Gasteiger partial charge in [0.1, 0.15) is 6.10 Å². The molecule has 0 aromatic rings. The van der Waals surface area contributed by atoms with E-state index in [-0.39, 0.29) is 17.5 Å². The highest BCUT2D eigenvalue weighted by Gasteiger charge is 2.54. The average molecular weight is 437 g/mol. The predicted octanol–water partition coefficient (Wildman–Crippen LogP) is 7.82. The zero-order valence-corrected chi connectivity index (χ0v) is 21.4. The van der Waals surface area contributed by atoms with Gasteiger partial charge in [0.2, 0.25) is 0 Å². The Balaban J connectivity index is 1.57. The maximum atomic E-state index is 11.5. The Hall–Kier alpha value is -1.57. The number of hydrogen-bond acceptors (Lipinski definition) is 2. The lowest BCUT2D eigenvalue weighted by Crippen LogP contribution is -2.41. The SMILES string of the molecule is CC(=O)O[C@H]1CC[C@@]2(C)C(=CC=C3C2=CC[C@@]2(C)[C@@H]([C@@H](C)/C=C/[C@H](C)C(C)C)CC[C@@H]32)C1. The summed E-state index contributed by atoms with van der Waals surface area (Å²) in [5.41, 5.74) is 5.15. The number of esters is 1. The zero-order chi connectivity index (χ0) is 23.3. The molecule has 0 unspecified atom stereocenters. The summed E-state index contributed by atoms with van der Waals surface area (Å²) >= 11 is 0. The van der Waals surface area contributed by atoms with Crippen LogP contribution in [-0.2, 0) is 9.53 Å². The maximum Gasteiger partial charge on any atom is 0.302 e. The van der Waals surface area contributed by atoms with Crippen LogP contribution in [-0.4, -0.2) is 12.1 Å². The van der Waals surface area contributed by atoms with Crippen LogP contribution in [0.15, 0.2) is 47.1 Å². The van der Waals surface area contributed by atoms with Crippen LogP contribution in [0.3, 0.4) is 0 Å². The molecule has 0 spiro atoms. The van der Waals surface area contributed by atoms with Crippen molar-refractivity contribution >= 4 is 5.97 Å². The van der Waals surface area contributed by atoms with Crippen LogP contribution in [0.5, 0.6) is 0 Å². The van der Waals surface area contributed by atoms with Gasteiger partial charge in [-0.1, -0.05) is 77.5 Å². The molecule has 4 rings (SSSR count). The number of carbonyl (C=O) groups excluding carboxylic acids is 1. The monoisotopic (exact) mass is 436 g/mol. The topological polar surface area (TPSA) is 26.3 Å². The van der Waals surface area contributed by atoms with Crippen molar-refractivity contribution in [3.63, 3.8) is 0 Å². The summed E-state index contributed by atoms with van der Waals surface area (Å²) in [6.45, 7) is 16.0. The summed E-state index contributed by atoms with van der Waals surface area (Å²) in [5.74, 6) is 3.25. The van der Waals surface area contributed by atoms with Crippen molar-refractivity contribution in [2.75, 3.05) is 0 Å². The van der Waals surface area contributed by atoms with Crippen molar-refractivity contribution in [3.05, 3.63) is 47.1 Å². The van der Waals surface area contributed by atoms with Crippen LogP contribution in [0.2, 0.25) is 0 Å². The summed E-state index contributed by atoms with van der Waals surface area (Å²) in [5, 5.41) is 0. The number of ether oxygens (including phenoxy) is 1. The standard InChI is InChI=1S/C30H44O2/c1-19(2)20(3)8-9-21(4)26-12-13-27-25-11-10-23-18-24(32-22(5)31)14-16-29(23,6)28(25)15-17-30(26,27)7/h8-11,15,19-21,24,26-27H,12-14,16-18H2,1-7H3/b9-8+/t20-,21-,24-,26+,27-,29-,30-/m0/s1. The number of carbonyl (C=O) groups is 1. The third-order valence-corrected chi connectivity index (χ3v) is 9.76. The van der Waals surface area contributed by atoms with Gasteiger partial charge in [-0.05, 0) is 78.3 Å². The van der Waals surface area contributed by atoms with Gasteiger partial charge in [0.15, 0.2) is 0 Å². The molecule has 0 aromatic heterocycles. The lowest BCUT2D eigenvalue weighted by Gasteiger charge is -2.50. The van der Waals surface area contributed by atoms with Gasteiger partial charge in [-0.25, -0.2) is 0 Å². The van der Waals surface area contributed by atoms with E-state index in [1.54, 1.807) is 11.1 Å². The van der Waals surface area contributed by atoms with E-state index in [1.807, 2.05) is 0 Å². The Kier molecular flexibility index (Phi) is 6.38. The van der Waals surface area contributed by atoms with Gasteiger partial charge in [0, 0.05) is 18.8 Å². The highest BCUT2D eigenvalue weighted by Crippen LogP contribution is 2.64. The van der Waals surface area contributed by atoms with E-state index in [1.165, 1.54) is 31.8 Å². The van der Waals surface area contributed by atoms with E-state index in [0.29, 0.717) is 29.1 Å². The quantitative estimate of drug-likeness (QED) is 0.324. The molecule has 4 aliphatic carbocycles. The molecule has 7 atom stereocenters. The first-order valence-electron chi connectivity index (χ1n) is 13.0. The van der Waals surface area contributed by atoms with Crippen LogP contribution >= 0.6 is 0 Å². The fraction of sp³-hybridized carbons (Fsp3) is 0.700. The predicted molar refractivity (Wildman–Crippen MR) is 133 cm³/mol. The smallest absolute Gasteiger partial charge is 0.302 e. The normalized spacial score (nSPS) is 38.2. The number of fused-ring (bicyclic) bond motifs is 5. The second kappa shape index (κ2) is 8.65. The zero-order valence-electron chi connectivity index (χ0n) is 21.4. The third kappa shape index (κ3) is 3.97. The van der Waals surface area contributed by atoms with Crippen LogP contribution in [0.1, 0.15) is 87.0 Å². The Labute approximate surface area is 196 Å². The molecular formula is C30H44O2. The van der Waals surface area contributed by atoms with Gasteiger partial charge in [0.25, 0.3) is 0 Å². The molecule has 4 aliphatic rings. The minimum atomic E-state index is -0.151. The highest BCUT2D eigenvalue weighted by atomic mass is 16.5. The first kappa shape index (κ1) is 23.6. The number of rotatable bonds is 5. The van der Waals surface area contributed by atoms with Crippen LogP contribution in [0.4, 0.5) is 0 Å². The van der Waals surface area contributed by atoms with Gasteiger partial charge in [0.05, 0.1) is 0 Å². The molecule has 0 aliphatic heterocycles. The van der Waals surface area contributed by atoms with Gasteiger partial charge < -0.3 is 4.74 Å². The largest absolute Gasteiger partial charge is 0.462 e. The van der Waals surface area contributed by atoms with Crippen molar-refractivity contribution < 1.29 is 9.53 Å². The van der Waals surface area contributed by atoms with Crippen molar-refractivity contribution in [1.82, 2.24) is 0 Å². The van der Waals surface area contributed by atoms with Crippen LogP contribution < -0.4 is 0 Å². The lowest BCUT2D eigenvalue weighted by molar-refractivity contribution is -0.147. The molecule has 0 heterocycles. The minimum absolute atomic E-state index is 0.0490. The molecule has 0 N–H and O–H groups in total. The van der Waals surface area contributed by atoms with Crippen LogP contribution in [0.25, 0.3) is 0 Å². The summed E-state index contributed by atoms with van der Waals surface area (Å²) < 4.78 is 5.58. The molecule has 176 valence electrons. The van der Waals surface area contributed by atoms with Crippen molar-refractivity contribution in [2.24, 2.45) is 40.4 Å². The molecule has 2 heteroatoms. The van der Waals surface area contributed by atoms with Crippen molar-refractivity contribution in [1.29, 1.82) is 0 Å². The lowest BCUT2D eigenvalue weighted by atomic mass is 9.54. The molecule has 0 aromatic carbocycles. The molecule has 0 bridgehead atoms. The van der Waals surface area contributed by atoms with Gasteiger partial charge in [-0.15, -0.1) is 0 Å². The van der Waals surface area contributed by atoms with Crippen molar-refractivity contribution in [3.8, 4) is 0 Å². The van der Waals surface area contributed by atoms with E-state index in [0.717, 1.165) is 25.2 Å². The summed E-state index contributed by atoms with van der Waals surface area (Å²) in [6.07, 6.45) is 19.2. The van der Waals surface area contributed by atoms with Gasteiger partial charge >= 0.3 is 5.97 Å². The van der Waals surface area contributed by atoms with E-state index in [9.17, 15) is 4.79 Å². The fourth-order valence-corrected chi connectivity index (χ4v) is 7.28. The van der Waals surface area contributed by atoms with E-state index < -0.39 is 0 Å². The molecular weight excluding hydrogens is 392 g/mol. The summed E-state index contributed by atoms with van der Waals surface area (Å²) in [4.78, 5) is 11.5. The molecule has 32 heavy (non-hydrogen) atoms. The summed E-state index contributed by atoms with van der Waals surface area (Å²) in [6, 6.07) is 0. The first-order chi connectivity index (χ1) is 15.1. The van der Waals surface area contributed by atoms with E-state index >= 15 is 0 Å². The van der Waals surface area contributed by atoms with Gasteiger partial charge in [-0.2, -0.15) is 0 Å². The highest BCUT2D eigenvalue weighted by molar-refractivity contribution is 5.66. The number of allylic oxidation sites excluding steroid dienone is 7. The third-order valence-electron chi connectivity index (χ3n) is 9.76. The van der Waals surface area contributed by atoms with Gasteiger partial charge in [-0.3, -0.25) is 4.79 Å². The van der Waals surface area contributed by atoms with Crippen LogP contribution in [0, 0.1) is 40.4 Å². The molecule has 0 saturated heterocycles. The first-order valence-corrected chi connectivity index (χ1v) is 13.0. The Morgan fingerprint density at radius 3 is 2.53 bits per heavy atom. The molecule has 0 radical (unpaired) electrons. The average Bonchev–Trinajstić information content (AvgIpc) is 3.08. The molecule has 2 nitrogen and oxygen atoms in total. The minimum Gasteiger partial charge on any atom is -0.462 e. The molecule has 2 fully saturated rings. The molecule has 0 amide bonds. The Morgan fingerprint density at radius 2 is 1.84 bits per heavy atom. The van der Waals surface area contributed by atoms with Crippen molar-refractivity contribution in [2.45, 2.75) is 93.1 Å². The number of hydrogen-bond donors (Lipinski definition) is 0. The summed E-state index contributed by atoms with van der Waals surface area (Å²) in [7, 11) is 0. The Bertz CT molecular complexity index is 871. The second-order valence-electron chi connectivity index (χ2n) is 12.0. The maximum absolute atomic E-state index is 11.5. The molecule has 2 saturated carbocycles. The fourth-order valence-electron chi connectivity index (χ4n) is 7.28.